The van der Waals surface area contributed by atoms with Crippen LogP contribution in [0.2, 0.25) is 0 Å². The lowest BCUT2D eigenvalue weighted by atomic mass is 9.97. The van der Waals surface area contributed by atoms with E-state index in [0.717, 1.165) is 11.1 Å². The van der Waals surface area contributed by atoms with E-state index in [2.05, 4.69) is 20.6 Å². The predicted octanol–water partition coefficient (Wildman–Crippen LogP) is 2.67. The van der Waals surface area contributed by atoms with E-state index in [9.17, 15) is 13.2 Å². The third-order valence-electron chi connectivity index (χ3n) is 6.17. The molecule has 1 fully saturated rings. The van der Waals surface area contributed by atoms with Crippen LogP contribution in [-0.4, -0.2) is 67.3 Å². The molecule has 0 radical (unpaired) electrons. The molecule has 0 saturated carbocycles. The first-order valence-corrected chi connectivity index (χ1v) is 13.8. The number of aromatic nitrogens is 6. The second-order valence-electron chi connectivity index (χ2n) is 8.99. The summed E-state index contributed by atoms with van der Waals surface area (Å²) in [5.41, 5.74) is 3.74. The highest BCUT2D eigenvalue weighted by atomic mass is 32.2. The Bertz CT molecular complexity index is 1490. The highest BCUT2D eigenvalue weighted by Crippen LogP contribution is 2.23. The fourth-order valence-corrected chi connectivity index (χ4v) is 5.24. The lowest BCUT2D eigenvalue weighted by Gasteiger charge is -2.28. The summed E-state index contributed by atoms with van der Waals surface area (Å²) in [5.74, 6) is -0.315. The molecule has 0 bridgehead atoms. The van der Waals surface area contributed by atoms with Gasteiger partial charge in [-0.2, -0.15) is 4.31 Å². The second-order valence-corrected chi connectivity index (χ2v) is 11.2. The molecule has 5 rings (SSSR count). The number of carbonyl (C=O) groups excluding carboxylic acids is 1. The Hall–Kier alpha value is -4.22. The minimum atomic E-state index is -3.55. The molecule has 0 atom stereocenters. The van der Waals surface area contributed by atoms with Crippen LogP contribution in [-0.2, 0) is 27.9 Å². The molecule has 2 aromatic carbocycles. The normalized spacial score (nSPS) is 16.9. The minimum absolute atomic E-state index is 0.0292. The van der Waals surface area contributed by atoms with Crippen molar-refractivity contribution in [3.63, 3.8) is 0 Å². The smallest absolute Gasteiger partial charge is 0.214 e. The number of hydrogen-bond acceptors (Lipinski definition) is 7. The van der Waals surface area contributed by atoms with Crippen LogP contribution in [0.3, 0.4) is 0 Å². The van der Waals surface area contributed by atoms with Crippen LogP contribution in [0, 0.1) is 0 Å². The number of carbonyl (C=O) groups is 1. The summed E-state index contributed by atoms with van der Waals surface area (Å²) in [7, 11) is -3.55. The standard InChI is InChI=1S/C27H27N7O3S/c1-2-38(36,37)34-17-23(13-25-19-32(30-28-25)15-21-9-5-3-6-10-21)27(35)24(18-34)14-26-20-33(31-29-26)16-22-11-7-4-8-12-22/h3-14,19-20H,2,15-18H2,1H3. The zero-order valence-electron chi connectivity index (χ0n) is 20.9. The zero-order valence-corrected chi connectivity index (χ0v) is 21.7. The Morgan fingerprint density at radius 1 is 0.763 bits per heavy atom. The van der Waals surface area contributed by atoms with Crippen molar-refractivity contribution in [3.05, 3.63) is 107 Å². The van der Waals surface area contributed by atoms with Crippen LogP contribution in [0.5, 0.6) is 0 Å². The molecule has 1 aliphatic heterocycles. The van der Waals surface area contributed by atoms with E-state index in [4.69, 9.17) is 0 Å². The van der Waals surface area contributed by atoms with Crippen molar-refractivity contribution in [3.8, 4) is 0 Å². The van der Waals surface area contributed by atoms with Crippen molar-refractivity contribution in [1.82, 2.24) is 34.3 Å². The quantitative estimate of drug-likeness (QED) is 0.322. The van der Waals surface area contributed by atoms with Crippen molar-refractivity contribution < 1.29 is 13.2 Å². The first-order chi connectivity index (χ1) is 18.4. The Morgan fingerprint density at radius 2 is 1.21 bits per heavy atom. The van der Waals surface area contributed by atoms with Crippen molar-refractivity contribution in [2.45, 2.75) is 20.0 Å². The SMILES string of the molecule is CCS(=O)(=O)N1CC(=Cc2cn(Cc3ccccc3)nn2)C(=O)C(=Cc2cn(Cc3ccccc3)nn2)C1. The van der Waals surface area contributed by atoms with Gasteiger partial charge in [0.05, 0.1) is 31.2 Å². The van der Waals surface area contributed by atoms with E-state index in [1.54, 1.807) is 40.8 Å². The number of ketones is 1. The minimum Gasteiger partial charge on any atom is -0.289 e. The van der Waals surface area contributed by atoms with Crippen molar-refractivity contribution in [2.24, 2.45) is 0 Å². The van der Waals surface area contributed by atoms with Gasteiger partial charge in [0, 0.05) is 24.2 Å². The Kier molecular flexibility index (Phi) is 7.38. The van der Waals surface area contributed by atoms with Gasteiger partial charge in [-0.15, -0.1) is 10.2 Å². The maximum Gasteiger partial charge on any atom is 0.214 e. The van der Waals surface area contributed by atoms with Gasteiger partial charge in [0.15, 0.2) is 5.78 Å². The molecule has 11 heteroatoms. The van der Waals surface area contributed by atoms with Crippen molar-refractivity contribution >= 4 is 28.0 Å². The molecule has 0 aliphatic carbocycles. The zero-order chi connectivity index (χ0) is 26.5. The fourth-order valence-electron chi connectivity index (χ4n) is 4.20. The summed E-state index contributed by atoms with van der Waals surface area (Å²) in [6.45, 7) is 2.59. The van der Waals surface area contributed by atoms with Crippen LogP contribution in [0.1, 0.15) is 29.4 Å². The van der Waals surface area contributed by atoms with Gasteiger partial charge in [-0.3, -0.25) is 4.79 Å². The largest absolute Gasteiger partial charge is 0.289 e. The summed E-state index contributed by atoms with van der Waals surface area (Å²) in [4.78, 5) is 13.4. The first kappa shape index (κ1) is 25.4. The number of piperidine rings is 1. The van der Waals surface area contributed by atoms with Crippen molar-refractivity contribution in [1.29, 1.82) is 0 Å². The van der Waals surface area contributed by atoms with Gasteiger partial charge in [-0.1, -0.05) is 71.1 Å². The molecule has 194 valence electrons. The summed E-state index contributed by atoms with van der Waals surface area (Å²) >= 11 is 0. The van der Waals surface area contributed by atoms with Gasteiger partial charge < -0.3 is 0 Å². The molecule has 0 N–H and O–H groups in total. The fraction of sp³-hybridized carbons (Fsp3) is 0.222. The molecule has 10 nitrogen and oxygen atoms in total. The first-order valence-electron chi connectivity index (χ1n) is 12.2. The van der Waals surface area contributed by atoms with E-state index >= 15 is 0 Å². The van der Waals surface area contributed by atoms with E-state index in [-0.39, 0.29) is 24.6 Å². The molecule has 38 heavy (non-hydrogen) atoms. The van der Waals surface area contributed by atoms with Gasteiger partial charge in [-0.05, 0) is 30.2 Å². The van der Waals surface area contributed by atoms with E-state index in [1.165, 1.54) is 4.31 Å². The van der Waals surface area contributed by atoms with Crippen LogP contribution in [0.15, 0.2) is 84.2 Å². The number of nitrogens with zero attached hydrogens (tertiary/aromatic N) is 7. The maximum atomic E-state index is 13.4. The molecule has 2 aromatic heterocycles. The molecule has 0 unspecified atom stereocenters. The second kappa shape index (κ2) is 11.0. The monoisotopic (exact) mass is 529 g/mol. The molecular formula is C27H27N7O3S. The van der Waals surface area contributed by atoms with Crippen LogP contribution < -0.4 is 0 Å². The number of rotatable bonds is 8. The highest BCUT2D eigenvalue weighted by Gasteiger charge is 2.32. The highest BCUT2D eigenvalue weighted by molar-refractivity contribution is 7.89. The molecule has 3 heterocycles. The molecule has 4 aromatic rings. The molecule has 1 aliphatic rings. The van der Waals surface area contributed by atoms with Crippen LogP contribution in [0.4, 0.5) is 0 Å². The van der Waals surface area contributed by atoms with Gasteiger partial charge in [0.2, 0.25) is 10.0 Å². The Labute approximate surface area is 221 Å². The summed E-state index contributed by atoms with van der Waals surface area (Å²) in [6.07, 6.45) is 6.68. The van der Waals surface area contributed by atoms with Crippen LogP contribution >= 0.6 is 0 Å². The van der Waals surface area contributed by atoms with E-state index in [0.29, 0.717) is 35.6 Å². The topological polar surface area (TPSA) is 116 Å². The average molecular weight is 530 g/mol. The summed E-state index contributed by atoms with van der Waals surface area (Å²) < 4.78 is 30.2. The summed E-state index contributed by atoms with van der Waals surface area (Å²) in [5, 5.41) is 16.6. The Morgan fingerprint density at radius 3 is 1.63 bits per heavy atom. The number of sulfonamides is 1. The van der Waals surface area contributed by atoms with Gasteiger partial charge in [0.1, 0.15) is 11.4 Å². The van der Waals surface area contributed by atoms with Crippen molar-refractivity contribution in [2.75, 3.05) is 18.8 Å². The lowest BCUT2D eigenvalue weighted by Crippen LogP contribution is -2.42. The van der Waals surface area contributed by atoms with E-state index in [1.807, 2.05) is 60.7 Å². The maximum absolute atomic E-state index is 13.4. The number of hydrogen-bond donors (Lipinski definition) is 0. The third-order valence-corrected chi connectivity index (χ3v) is 7.94. The average Bonchev–Trinajstić information content (AvgIpc) is 3.56. The van der Waals surface area contributed by atoms with Gasteiger partial charge >= 0.3 is 0 Å². The Balaban J connectivity index is 1.41. The number of benzene rings is 2. The van der Waals surface area contributed by atoms with Crippen LogP contribution in [0.25, 0.3) is 12.2 Å². The number of Topliss-reactive ketones (excluding diaryl/α,β-unsaturated/α-hetero) is 1. The predicted molar refractivity (Wildman–Crippen MR) is 143 cm³/mol. The molecular weight excluding hydrogens is 502 g/mol. The third kappa shape index (κ3) is 6.01. The van der Waals surface area contributed by atoms with Gasteiger partial charge in [-0.25, -0.2) is 17.8 Å². The lowest BCUT2D eigenvalue weighted by molar-refractivity contribution is -0.113. The summed E-state index contributed by atoms with van der Waals surface area (Å²) in [6, 6.07) is 19.7. The van der Waals surface area contributed by atoms with E-state index < -0.39 is 10.0 Å². The molecule has 1 saturated heterocycles. The van der Waals surface area contributed by atoms with Gasteiger partial charge in [0.25, 0.3) is 0 Å². The molecule has 0 amide bonds. The molecule has 0 spiro atoms.